The zero-order valence-electron chi connectivity index (χ0n) is 38.2. The minimum atomic E-state index is -1.23. The van der Waals surface area contributed by atoms with Crippen LogP contribution in [-0.4, -0.2) is 138 Å². The molecule has 0 fully saturated rings. The maximum atomic E-state index is 14.1. The van der Waals surface area contributed by atoms with E-state index in [-0.39, 0.29) is 44.9 Å². The van der Waals surface area contributed by atoms with Crippen molar-refractivity contribution in [3.8, 4) is 0 Å². The number of carboxylic acids is 1. The monoisotopic (exact) mass is 924 g/mol. The molecule has 0 aliphatic heterocycles. The lowest BCUT2D eigenvalue weighted by molar-refractivity contribution is -0.142. The first-order valence-electron chi connectivity index (χ1n) is 23.2. The van der Waals surface area contributed by atoms with Gasteiger partial charge in [0.2, 0.25) is 35.4 Å². The number of nitrogens with one attached hydrogen (secondary N) is 7. The van der Waals surface area contributed by atoms with Crippen molar-refractivity contribution >= 4 is 41.4 Å². The Bertz CT molecular complexity index is 1520. The second-order valence-electron chi connectivity index (χ2n) is 16.3. The fourth-order valence-corrected chi connectivity index (χ4v) is 6.92. The van der Waals surface area contributed by atoms with Crippen molar-refractivity contribution in [2.45, 2.75) is 164 Å². The standard InChI is InChI=1S/C42H81N15O8/c43-19-7-1-13-30(52-36(58)29(49)25-28-26-50-27-51-28)37(59)53-31(14-2-8-20-44)38(60)54-32(15-3-9-21-45)39(61)55-33(16-4-10-22-46)40(62)56-34(17-5-11-23-47)41(63)57-35(42(64)65)18-6-12-24-48/h26-27,29-35H,1-25,43-49H2,(H,50,51)(H,52,58)(H,53,59)(H,54,60)(H,55,61)(H,56,62)(H,57,63)(H,64,65)/t29-,30-,31-,32-,33-,34-,35-/m0/s1. The van der Waals surface area contributed by atoms with Crippen molar-refractivity contribution in [2.75, 3.05) is 39.3 Å². The van der Waals surface area contributed by atoms with Gasteiger partial charge in [-0.3, -0.25) is 28.8 Å². The maximum Gasteiger partial charge on any atom is 0.326 e. The minimum absolute atomic E-state index is 0.131. The summed E-state index contributed by atoms with van der Waals surface area (Å²) in [5.74, 6) is -5.19. The number of imidazole rings is 1. The van der Waals surface area contributed by atoms with Gasteiger partial charge >= 0.3 is 5.97 Å². The normalized spacial score (nSPS) is 14.4. The van der Waals surface area contributed by atoms with E-state index in [9.17, 15) is 38.7 Å². The van der Waals surface area contributed by atoms with Crippen LogP contribution < -0.4 is 72.0 Å². The summed E-state index contributed by atoms with van der Waals surface area (Å²) in [5, 5.41) is 26.1. The molecule has 0 saturated carbocycles. The molecule has 0 aliphatic carbocycles. The van der Waals surface area contributed by atoms with Gasteiger partial charge in [-0.15, -0.1) is 0 Å². The molecule has 0 radical (unpaired) electrons. The summed E-state index contributed by atoms with van der Waals surface area (Å²) >= 11 is 0. The van der Waals surface area contributed by atoms with Crippen LogP contribution in [0.2, 0.25) is 0 Å². The summed E-state index contributed by atoms with van der Waals surface area (Å²) in [5.41, 5.74) is 41.0. The Kier molecular flexibility index (Phi) is 31.8. The molecule has 22 N–H and O–H groups in total. The Morgan fingerprint density at radius 1 is 0.446 bits per heavy atom. The van der Waals surface area contributed by atoms with E-state index in [1.54, 1.807) is 6.20 Å². The Labute approximate surface area is 383 Å². The number of unbranched alkanes of at least 4 members (excludes halogenated alkanes) is 6. The number of rotatable bonds is 39. The number of aromatic nitrogens is 2. The predicted octanol–water partition coefficient (Wildman–Crippen LogP) is -2.95. The topological polar surface area (TPSA) is 423 Å². The molecule has 0 spiro atoms. The highest BCUT2D eigenvalue weighted by Gasteiger charge is 2.33. The molecule has 0 bridgehead atoms. The third kappa shape index (κ3) is 24.9. The highest BCUT2D eigenvalue weighted by molar-refractivity contribution is 5.97. The van der Waals surface area contributed by atoms with Crippen LogP contribution in [0.3, 0.4) is 0 Å². The smallest absolute Gasteiger partial charge is 0.326 e. The lowest BCUT2D eigenvalue weighted by Gasteiger charge is -2.28. The van der Waals surface area contributed by atoms with Crippen molar-refractivity contribution in [1.82, 2.24) is 41.9 Å². The van der Waals surface area contributed by atoms with Gasteiger partial charge in [0.1, 0.15) is 36.3 Å². The number of aromatic amines is 1. The van der Waals surface area contributed by atoms with E-state index in [1.165, 1.54) is 6.33 Å². The van der Waals surface area contributed by atoms with E-state index in [2.05, 4.69) is 41.9 Å². The first kappa shape index (κ1) is 58.2. The molecule has 65 heavy (non-hydrogen) atoms. The molecular weight excluding hydrogens is 843 g/mol. The first-order valence-corrected chi connectivity index (χ1v) is 23.2. The Hall–Kier alpha value is -4.78. The van der Waals surface area contributed by atoms with Gasteiger partial charge in [-0.25, -0.2) is 9.78 Å². The SMILES string of the molecule is NCCCC[C@H](NC(=O)[C@H](CCCCN)NC(=O)[C@H](CCCCN)NC(=O)[C@H](CCCCN)NC(=O)[C@H](CCCCN)NC(=O)[C@H](CCCCN)NC(=O)[C@@H](N)Cc1cnc[nH]1)C(=O)O. The van der Waals surface area contributed by atoms with Gasteiger partial charge < -0.3 is 82.1 Å². The van der Waals surface area contributed by atoms with Crippen LogP contribution in [0.1, 0.15) is 121 Å². The van der Waals surface area contributed by atoms with Crippen LogP contribution in [0.4, 0.5) is 0 Å². The second-order valence-corrected chi connectivity index (χ2v) is 16.3. The largest absolute Gasteiger partial charge is 0.480 e. The van der Waals surface area contributed by atoms with Gasteiger partial charge in [-0.05, 0) is 155 Å². The average molecular weight is 924 g/mol. The lowest BCUT2D eigenvalue weighted by atomic mass is 10.0. The number of nitrogens with zero attached hydrogens (tertiary/aromatic N) is 1. The Morgan fingerprint density at radius 3 is 0.954 bits per heavy atom. The quantitative estimate of drug-likeness (QED) is 0.0294. The molecular formula is C42H81N15O8. The third-order valence-electron chi connectivity index (χ3n) is 10.8. The molecule has 0 aromatic carbocycles. The van der Waals surface area contributed by atoms with Crippen molar-refractivity contribution in [3.63, 3.8) is 0 Å². The van der Waals surface area contributed by atoms with Gasteiger partial charge in [0.05, 0.1) is 12.4 Å². The second kappa shape index (κ2) is 35.5. The zero-order chi connectivity index (χ0) is 48.4. The van der Waals surface area contributed by atoms with Gasteiger partial charge in [-0.2, -0.15) is 0 Å². The number of hydrogen-bond acceptors (Lipinski definition) is 15. The number of carboxylic acid groups (broad SMARTS) is 1. The van der Waals surface area contributed by atoms with Crippen molar-refractivity contribution in [3.05, 3.63) is 18.2 Å². The van der Waals surface area contributed by atoms with Crippen LogP contribution in [0.15, 0.2) is 12.5 Å². The third-order valence-corrected chi connectivity index (χ3v) is 10.8. The number of amides is 6. The summed E-state index contributed by atoms with van der Waals surface area (Å²) in [7, 11) is 0. The minimum Gasteiger partial charge on any atom is -0.480 e. The van der Waals surface area contributed by atoms with Gasteiger partial charge in [0.15, 0.2) is 0 Å². The molecule has 1 rings (SSSR count). The van der Waals surface area contributed by atoms with E-state index in [1.807, 2.05) is 0 Å². The zero-order valence-corrected chi connectivity index (χ0v) is 38.2. The highest BCUT2D eigenvalue weighted by atomic mass is 16.4. The average Bonchev–Trinajstić information content (AvgIpc) is 3.80. The predicted molar refractivity (Wildman–Crippen MR) is 247 cm³/mol. The lowest BCUT2D eigenvalue weighted by Crippen LogP contribution is -2.59. The molecule has 1 heterocycles. The van der Waals surface area contributed by atoms with Crippen LogP contribution >= 0.6 is 0 Å². The molecule has 23 heteroatoms. The van der Waals surface area contributed by atoms with Crippen LogP contribution in [0, 0.1) is 0 Å². The van der Waals surface area contributed by atoms with E-state index >= 15 is 0 Å². The summed E-state index contributed by atoms with van der Waals surface area (Å²) in [6.45, 7) is 2.02. The van der Waals surface area contributed by atoms with Gasteiger partial charge in [0.25, 0.3) is 0 Å². The summed E-state index contributed by atoms with van der Waals surface area (Å²) in [4.78, 5) is 102. The summed E-state index contributed by atoms with van der Waals surface area (Å²) in [6.07, 6.45) is 10.0. The number of hydrogen-bond donors (Lipinski definition) is 15. The Morgan fingerprint density at radius 2 is 0.708 bits per heavy atom. The summed E-state index contributed by atoms with van der Waals surface area (Å²) < 4.78 is 0. The van der Waals surface area contributed by atoms with Crippen LogP contribution in [0.25, 0.3) is 0 Å². The van der Waals surface area contributed by atoms with Crippen molar-refractivity contribution in [2.24, 2.45) is 40.1 Å². The fourth-order valence-electron chi connectivity index (χ4n) is 6.92. The fraction of sp³-hybridized carbons (Fsp3) is 0.762. The number of carbonyl (C=O) groups is 7. The number of nitrogens with two attached hydrogens (primary N) is 7. The van der Waals surface area contributed by atoms with E-state index < -0.39 is 83.7 Å². The molecule has 372 valence electrons. The number of aliphatic carboxylic acids is 1. The van der Waals surface area contributed by atoms with Crippen molar-refractivity contribution in [1.29, 1.82) is 0 Å². The molecule has 0 aliphatic rings. The van der Waals surface area contributed by atoms with E-state index in [0.29, 0.717) is 122 Å². The van der Waals surface area contributed by atoms with Crippen LogP contribution in [-0.2, 0) is 40.0 Å². The maximum absolute atomic E-state index is 14.1. The van der Waals surface area contributed by atoms with E-state index in [0.717, 1.165) is 0 Å². The highest BCUT2D eigenvalue weighted by Crippen LogP contribution is 2.11. The molecule has 0 unspecified atom stereocenters. The van der Waals surface area contributed by atoms with E-state index in [4.69, 9.17) is 40.1 Å². The van der Waals surface area contributed by atoms with Gasteiger partial charge in [0, 0.05) is 18.3 Å². The number of carbonyl (C=O) groups excluding carboxylic acids is 6. The molecule has 7 atom stereocenters. The van der Waals surface area contributed by atoms with Crippen LogP contribution in [0.5, 0.6) is 0 Å². The van der Waals surface area contributed by atoms with Crippen molar-refractivity contribution < 1.29 is 38.7 Å². The molecule has 1 aromatic rings. The molecule has 1 aromatic heterocycles. The first-order chi connectivity index (χ1) is 31.3. The summed E-state index contributed by atoms with van der Waals surface area (Å²) in [6, 6.07) is -7.91. The molecule has 23 nitrogen and oxygen atoms in total. The number of H-pyrrole nitrogens is 1. The molecule has 6 amide bonds. The molecule has 0 saturated heterocycles. The Balaban J connectivity index is 3.38. The van der Waals surface area contributed by atoms with Gasteiger partial charge in [-0.1, -0.05) is 0 Å².